The van der Waals surface area contributed by atoms with Crippen LogP contribution < -0.4 is 15.4 Å². The number of nitrogens with zero attached hydrogens (tertiary/aromatic N) is 2. The van der Waals surface area contributed by atoms with Gasteiger partial charge in [0.15, 0.2) is 0 Å². The van der Waals surface area contributed by atoms with Crippen molar-refractivity contribution >= 4 is 23.5 Å². The number of anilines is 2. The Kier molecular flexibility index (Phi) is 11.4. The molecule has 0 radical (unpaired) electrons. The number of nitrogens with one attached hydrogen (secondary N) is 2. The molecule has 2 aromatic heterocycles. The number of hydrogen-bond donors (Lipinski definition) is 2. The second kappa shape index (κ2) is 15.3. The highest BCUT2D eigenvalue weighted by Crippen LogP contribution is 2.14. The standard InChI is InChI=1S/C29H36N4O3/c1-2-3-4-5-6-7-8-17-28(34)32-26-15-10-16-27(31-26)33-29(35)20-23-12-9-13-24(19-23)22-36-25-14-11-18-30-21-25/h9-16,18-19,21H,2-8,17,20,22H2,1H3,(H2,31,32,33,34,35). The molecule has 0 aliphatic heterocycles. The average Bonchev–Trinajstić information content (AvgIpc) is 2.88. The zero-order valence-corrected chi connectivity index (χ0v) is 21.0. The smallest absolute Gasteiger partial charge is 0.229 e. The largest absolute Gasteiger partial charge is 0.487 e. The van der Waals surface area contributed by atoms with Crippen LogP contribution in [0.25, 0.3) is 0 Å². The summed E-state index contributed by atoms with van der Waals surface area (Å²) >= 11 is 0. The number of unbranched alkanes of at least 4 members (excludes halogenated alkanes) is 6. The van der Waals surface area contributed by atoms with Crippen LogP contribution in [-0.2, 0) is 22.6 Å². The minimum Gasteiger partial charge on any atom is -0.487 e. The third kappa shape index (κ3) is 10.3. The lowest BCUT2D eigenvalue weighted by Gasteiger charge is -2.09. The molecule has 190 valence electrons. The summed E-state index contributed by atoms with van der Waals surface area (Å²) in [6.45, 7) is 2.60. The lowest BCUT2D eigenvalue weighted by atomic mass is 10.1. The number of amides is 2. The molecule has 0 unspecified atom stereocenters. The summed E-state index contributed by atoms with van der Waals surface area (Å²) in [5.74, 6) is 1.31. The van der Waals surface area contributed by atoms with Crippen LogP contribution in [0.15, 0.2) is 67.0 Å². The van der Waals surface area contributed by atoms with Gasteiger partial charge in [-0.25, -0.2) is 4.98 Å². The summed E-state index contributed by atoms with van der Waals surface area (Å²) in [6.07, 6.45) is 12.2. The van der Waals surface area contributed by atoms with Gasteiger partial charge in [-0.2, -0.15) is 0 Å². The molecule has 0 saturated carbocycles. The Balaban J connectivity index is 1.42. The Morgan fingerprint density at radius 2 is 1.50 bits per heavy atom. The Morgan fingerprint density at radius 1 is 0.806 bits per heavy atom. The van der Waals surface area contributed by atoms with Gasteiger partial charge in [-0.05, 0) is 41.8 Å². The normalized spacial score (nSPS) is 10.6. The van der Waals surface area contributed by atoms with Crippen molar-refractivity contribution in [1.29, 1.82) is 0 Å². The third-order valence-electron chi connectivity index (χ3n) is 5.69. The van der Waals surface area contributed by atoms with Crippen molar-refractivity contribution in [2.45, 2.75) is 71.3 Å². The summed E-state index contributed by atoms with van der Waals surface area (Å²) in [5, 5.41) is 5.65. The fourth-order valence-corrected chi connectivity index (χ4v) is 3.82. The van der Waals surface area contributed by atoms with Crippen molar-refractivity contribution in [3.8, 4) is 5.75 Å². The maximum absolute atomic E-state index is 12.6. The molecule has 0 spiro atoms. The van der Waals surface area contributed by atoms with Crippen molar-refractivity contribution in [2.75, 3.05) is 10.6 Å². The Bertz CT molecular complexity index is 1090. The van der Waals surface area contributed by atoms with Crippen LogP contribution in [0, 0.1) is 0 Å². The van der Waals surface area contributed by atoms with Gasteiger partial charge in [0.1, 0.15) is 24.0 Å². The Hall–Kier alpha value is -3.74. The number of carbonyl (C=O) groups excluding carboxylic acids is 2. The van der Waals surface area contributed by atoms with E-state index in [2.05, 4.69) is 27.5 Å². The van der Waals surface area contributed by atoms with E-state index < -0.39 is 0 Å². The number of rotatable bonds is 15. The summed E-state index contributed by atoms with van der Waals surface area (Å²) in [6, 6.07) is 16.6. The van der Waals surface area contributed by atoms with E-state index in [9.17, 15) is 9.59 Å². The molecule has 0 fully saturated rings. The second-order valence-electron chi connectivity index (χ2n) is 8.85. The first-order valence-corrected chi connectivity index (χ1v) is 12.8. The predicted molar refractivity (Wildman–Crippen MR) is 143 cm³/mol. The van der Waals surface area contributed by atoms with E-state index in [4.69, 9.17) is 4.74 Å². The zero-order valence-electron chi connectivity index (χ0n) is 21.0. The van der Waals surface area contributed by atoms with E-state index in [-0.39, 0.29) is 18.2 Å². The fraction of sp³-hybridized carbons (Fsp3) is 0.379. The van der Waals surface area contributed by atoms with E-state index in [0.29, 0.717) is 30.4 Å². The van der Waals surface area contributed by atoms with Crippen LogP contribution in [0.5, 0.6) is 5.75 Å². The van der Waals surface area contributed by atoms with Gasteiger partial charge in [0.2, 0.25) is 11.8 Å². The molecule has 0 atom stereocenters. The zero-order chi connectivity index (χ0) is 25.4. The van der Waals surface area contributed by atoms with Crippen molar-refractivity contribution in [3.63, 3.8) is 0 Å². The lowest BCUT2D eigenvalue weighted by Crippen LogP contribution is -2.17. The van der Waals surface area contributed by atoms with Crippen LogP contribution in [-0.4, -0.2) is 21.8 Å². The third-order valence-corrected chi connectivity index (χ3v) is 5.69. The molecule has 2 N–H and O–H groups in total. The lowest BCUT2D eigenvalue weighted by molar-refractivity contribution is -0.116. The van der Waals surface area contributed by atoms with Crippen LogP contribution in [0.4, 0.5) is 11.6 Å². The molecular formula is C29H36N4O3. The highest BCUT2D eigenvalue weighted by Gasteiger charge is 2.08. The topological polar surface area (TPSA) is 93.2 Å². The molecule has 36 heavy (non-hydrogen) atoms. The molecule has 7 nitrogen and oxygen atoms in total. The van der Waals surface area contributed by atoms with Crippen LogP contribution in [0.1, 0.15) is 69.4 Å². The summed E-state index contributed by atoms with van der Waals surface area (Å²) in [5.41, 5.74) is 1.84. The van der Waals surface area contributed by atoms with E-state index in [0.717, 1.165) is 24.0 Å². The maximum atomic E-state index is 12.6. The SMILES string of the molecule is CCCCCCCCCC(=O)Nc1cccc(NC(=O)Cc2cccc(COc3cccnc3)c2)n1. The van der Waals surface area contributed by atoms with Gasteiger partial charge < -0.3 is 15.4 Å². The molecule has 3 aromatic rings. The molecular weight excluding hydrogens is 452 g/mol. The number of aromatic nitrogens is 2. The van der Waals surface area contributed by atoms with E-state index >= 15 is 0 Å². The fourth-order valence-electron chi connectivity index (χ4n) is 3.82. The first-order chi connectivity index (χ1) is 17.6. The van der Waals surface area contributed by atoms with Crippen LogP contribution in [0.3, 0.4) is 0 Å². The molecule has 0 aliphatic rings. The van der Waals surface area contributed by atoms with Gasteiger partial charge in [0.05, 0.1) is 12.6 Å². The maximum Gasteiger partial charge on any atom is 0.229 e. The quantitative estimate of drug-likeness (QED) is 0.244. The molecule has 7 heteroatoms. The van der Waals surface area contributed by atoms with Crippen LogP contribution in [0.2, 0.25) is 0 Å². The molecule has 0 aliphatic carbocycles. The minimum absolute atomic E-state index is 0.0511. The number of benzene rings is 1. The van der Waals surface area contributed by atoms with Gasteiger partial charge in [-0.15, -0.1) is 0 Å². The van der Waals surface area contributed by atoms with E-state index in [1.54, 1.807) is 30.6 Å². The molecule has 0 saturated heterocycles. The number of ether oxygens (including phenoxy) is 1. The molecule has 3 rings (SSSR count). The van der Waals surface area contributed by atoms with Gasteiger partial charge in [0.25, 0.3) is 0 Å². The highest BCUT2D eigenvalue weighted by molar-refractivity contribution is 5.92. The summed E-state index contributed by atoms with van der Waals surface area (Å²) < 4.78 is 5.74. The van der Waals surface area contributed by atoms with Gasteiger partial charge in [0, 0.05) is 12.6 Å². The monoisotopic (exact) mass is 488 g/mol. The van der Waals surface area contributed by atoms with Gasteiger partial charge in [-0.1, -0.05) is 75.8 Å². The van der Waals surface area contributed by atoms with Crippen LogP contribution >= 0.6 is 0 Å². The number of carbonyl (C=O) groups is 2. The minimum atomic E-state index is -0.181. The predicted octanol–water partition coefficient (Wildman–Crippen LogP) is 6.32. The number of pyridine rings is 2. The molecule has 2 amide bonds. The molecule has 0 bridgehead atoms. The summed E-state index contributed by atoms with van der Waals surface area (Å²) in [4.78, 5) is 33.2. The Morgan fingerprint density at radius 3 is 2.25 bits per heavy atom. The first kappa shape index (κ1) is 26.9. The second-order valence-corrected chi connectivity index (χ2v) is 8.85. The van der Waals surface area contributed by atoms with Gasteiger partial charge >= 0.3 is 0 Å². The van der Waals surface area contributed by atoms with Crippen molar-refractivity contribution in [1.82, 2.24) is 9.97 Å². The van der Waals surface area contributed by atoms with Crippen molar-refractivity contribution in [2.24, 2.45) is 0 Å². The number of hydrogen-bond acceptors (Lipinski definition) is 5. The molecule has 1 aromatic carbocycles. The first-order valence-electron chi connectivity index (χ1n) is 12.8. The van der Waals surface area contributed by atoms with Gasteiger partial charge in [-0.3, -0.25) is 14.6 Å². The Labute approximate surface area is 213 Å². The van der Waals surface area contributed by atoms with Crippen molar-refractivity contribution in [3.05, 3.63) is 78.1 Å². The molecule has 2 heterocycles. The highest BCUT2D eigenvalue weighted by atomic mass is 16.5. The average molecular weight is 489 g/mol. The van der Waals surface area contributed by atoms with Crippen molar-refractivity contribution < 1.29 is 14.3 Å². The summed E-state index contributed by atoms with van der Waals surface area (Å²) in [7, 11) is 0. The van der Waals surface area contributed by atoms with E-state index in [1.165, 1.54) is 32.1 Å². The van der Waals surface area contributed by atoms with E-state index in [1.807, 2.05) is 36.4 Å².